The Hall–Kier alpha value is -2.82. The van der Waals surface area contributed by atoms with E-state index in [-0.39, 0.29) is 12.3 Å². The Bertz CT molecular complexity index is 736. The first kappa shape index (κ1) is 18.0. The van der Waals surface area contributed by atoms with Crippen molar-refractivity contribution in [1.82, 2.24) is 4.90 Å². The van der Waals surface area contributed by atoms with E-state index in [1.165, 1.54) is 0 Å². The number of amides is 1. The van der Waals surface area contributed by atoms with E-state index in [1.807, 2.05) is 42.5 Å². The van der Waals surface area contributed by atoms with Gasteiger partial charge in [0.1, 0.15) is 5.75 Å². The van der Waals surface area contributed by atoms with Crippen LogP contribution in [0, 0.1) is 0 Å². The molecule has 2 aromatic rings. The Morgan fingerprint density at radius 2 is 1.65 bits per heavy atom. The highest BCUT2D eigenvalue weighted by Gasteiger charge is 2.30. The van der Waals surface area contributed by atoms with Gasteiger partial charge < -0.3 is 14.4 Å². The minimum Gasteiger partial charge on any atom is -0.497 e. The van der Waals surface area contributed by atoms with Crippen LogP contribution in [0.3, 0.4) is 0 Å². The number of esters is 1. The van der Waals surface area contributed by atoms with Gasteiger partial charge >= 0.3 is 5.97 Å². The summed E-state index contributed by atoms with van der Waals surface area (Å²) in [6, 6.07) is 16.4. The Labute approximate surface area is 153 Å². The average Bonchev–Trinajstić information content (AvgIpc) is 3.22. The van der Waals surface area contributed by atoms with Gasteiger partial charge in [-0.05, 0) is 30.5 Å². The van der Waals surface area contributed by atoms with Gasteiger partial charge in [0.05, 0.1) is 13.5 Å². The number of methoxy groups -OCH3 is 1. The predicted molar refractivity (Wildman–Crippen MR) is 97.8 cm³/mol. The van der Waals surface area contributed by atoms with Gasteiger partial charge in [0, 0.05) is 18.7 Å². The van der Waals surface area contributed by atoms with Crippen molar-refractivity contribution in [2.45, 2.75) is 25.4 Å². The number of hydrogen-bond acceptors (Lipinski definition) is 4. The fourth-order valence-electron chi connectivity index (χ4n) is 3.08. The maximum Gasteiger partial charge on any atom is 0.311 e. The number of benzene rings is 2. The quantitative estimate of drug-likeness (QED) is 0.749. The summed E-state index contributed by atoms with van der Waals surface area (Å²) < 4.78 is 10.7. The molecule has 0 unspecified atom stereocenters. The van der Waals surface area contributed by atoms with Gasteiger partial charge in [0.15, 0.2) is 0 Å². The van der Waals surface area contributed by atoms with Gasteiger partial charge in [-0.15, -0.1) is 0 Å². The topological polar surface area (TPSA) is 55.8 Å². The molecular weight excluding hydrogens is 330 g/mol. The third-order valence-corrected chi connectivity index (χ3v) is 4.50. The van der Waals surface area contributed by atoms with Crippen molar-refractivity contribution in [1.29, 1.82) is 0 Å². The summed E-state index contributed by atoms with van der Waals surface area (Å²) in [7, 11) is 1.59. The average molecular weight is 353 g/mol. The lowest BCUT2D eigenvalue weighted by atomic mass is 10.1. The molecule has 1 amide bonds. The minimum absolute atomic E-state index is 0.112. The Balaban J connectivity index is 1.71. The number of rotatable bonds is 6. The second kappa shape index (κ2) is 8.52. The molecule has 0 aliphatic carbocycles. The van der Waals surface area contributed by atoms with Crippen molar-refractivity contribution < 1.29 is 19.1 Å². The molecular formula is C21H23NO4. The van der Waals surface area contributed by atoms with E-state index in [0.717, 1.165) is 37.2 Å². The molecule has 0 N–H and O–H groups in total. The van der Waals surface area contributed by atoms with Crippen LogP contribution in [0.15, 0.2) is 54.6 Å². The lowest BCUT2D eigenvalue weighted by Crippen LogP contribution is -2.35. The Morgan fingerprint density at radius 1 is 1.00 bits per heavy atom. The van der Waals surface area contributed by atoms with Gasteiger partial charge in [-0.25, -0.2) is 0 Å². The Morgan fingerprint density at radius 3 is 2.27 bits per heavy atom. The van der Waals surface area contributed by atoms with Gasteiger partial charge in [0.2, 0.25) is 6.10 Å². The van der Waals surface area contributed by atoms with E-state index in [0.29, 0.717) is 5.56 Å². The van der Waals surface area contributed by atoms with Crippen LogP contribution < -0.4 is 4.74 Å². The summed E-state index contributed by atoms with van der Waals surface area (Å²) in [5.74, 6) is 0.168. The molecule has 0 radical (unpaired) electrons. The molecule has 2 aromatic carbocycles. The van der Waals surface area contributed by atoms with E-state index in [2.05, 4.69) is 0 Å². The van der Waals surface area contributed by atoms with E-state index in [1.54, 1.807) is 24.1 Å². The van der Waals surface area contributed by atoms with Crippen LogP contribution in [-0.2, 0) is 20.7 Å². The molecule has 136 valence electrons. The second-order valence-corrected chi connectivity index (χ2v) is 6.34. The maximum atomic E-state index is 12.8. The van der Waals surface area contributed by atoms with Crippen LogP contribution in [-0.4, -0.2) is 37.0 Å². The summed E-state index contributed by atoms with van der Waals surface area (Å²) in [5.41, 5.74) is 1.52. The SMILES string of the molecule is COc1ccc(CC(=O)O[C@@H](C(=O)N2CCCC2)c2ccccc2)cc1. The van der Waals surface area contributed by atoms with Crippen LogP contribution in [0.2, 0.25) is 0 Å². The van der Waals surface area contributed by atoms with Crippen molar-refractivity contribution in [3.63, 3.8) is 0 Å². The lowest BCUT2D eigenvalue weighted by Gasteiger charge is -2.23. The fraction of sp³-hybridized carbons (Fsp3) is 0.333. The summed E-state index contributed by atoms with van der Waals surface area (Å²) in [5, 5.41) is 0. The van der Waals surface area contributed by atoms with Crippen molar-refractivity contribution in [2.75, 3.05) is 20.2 Å². The van der Waals surface area contributed by atoms with Crippen LogP contribution in [0.4, 0.5) is 0 Å². The summed E-state index contributed by atoms with van der Waals surface area (Å²) in [4.78, 5) is 27.1. The third kappa shape index (κ3) is 4.42. The Kier molecular flexibility index (Phi) is 5.89. The molecule has 5 nitrogen and oxygen atoms in total. The smallest absolute Gasteiger partial charge is 0.311 e. The maximum absolute atomic E-state index is 12.8. The predicted octanol–water partition coefficient (Wildman–Crippen LogP) is 3.14. The molecule has 0 aromatic heterocycles. The van der Waals surface area contributed by atoms with Gasteiger partial charge in [0.25, 0.3) is 5.91 Å². The minimum atomic E-state index is -0.889. The van der Waals surface area contributed by atoms with E-state index in [4.69, 9.17) is 9.47 Å². The number of likely N-dealkylation sites (tertiary alicyclic amines) is 1. The van der Waals surface area contributed by atoms with E-state index >= 15 is 0 Å². The zero-order valence-electron chi connectivity index (χ0n) is 14.9. The van der Waals surface area contributed by atoms with Gasteiger partial charge in [-0.1, -0.05) is 42.5 Å². The number of carbonyl (C=O) groups is 2. The van der Waals surface area contributed by atoms with Crippen molar-refractivity contribution in [2.24, 2.45) is 0 Å². The van der Waals surface area contributed by atoms with Gasteiger partial charge in [-0.2, -0.15) is 0 Å². The van der Waals surface area contributed by atoms with Crippen molar-refractivity contribution in [3.8, 4) is 5.75 Å². The lowest BCUT2D eigenvalue weighted by molar-refractivity contribution is -0.160. The monoisotopic (exact) mass is 353 g/mol. The molecule has 1 aliphatic rings. The molecule has 0 saturated carbocycles. The third-order valence-electron chi connectivity index (χ3n) is 4.50. The normalized spacial score (nSPS) is 14.7. The first-order valence-corrected chi connectivity index (χ1v) is 8.83. The molecule has 1 aliphatic heterocycles. The van der Waals surface area contributed by atoms with Crippen molar-refractivity contribution in [3.05, 3.63) is 65.7 Å². The highest BCUT2D eigenvalue weighted by Crippen LogP contribution is 2.23. The zero-order valence-corrected chi connectivity index (χ0v) is 14.9. The molecule has 1 fully saturated rings. The molecule has 1 atom stereocenters. The van der Waals surface area contributed by atoms with Gasteiger partial charge in [-0.3, -0.25) is 9.59 Å². The number of hydrogen-bond donors (Lipinski definition) is 0. The first-order chi connectivity index (χ1) is 12.7. The molecule has 26 heavy (non-hydrogen) atoms. The zero-order chi connectivity index (χ0) is 18.4. The number of carbonyl (C=O) groups excluding carboxylic acids is 2. The summed E-state index contributed by atoms with van der Waals surface area (Å²) in [6.45, 7) is 1.44. The molecule has 1 heterocycles. The van der Waals surface area contributed by atoms with E-state index < -0.39 is 12.1 Å². The molecule has 0 bridgehead atoms. The van der Waals surface area contributed by atoms with Crippen LogP contribution in [0.1, 0.15) is 30.1 Å². The van der Waals surface area contributed by atoms with Crippen LogP contribution in [0.25, 0.3) is 0 Å². The fourth-order valence-corrected chi connectivity index (χ4v) is 3.08. The summed E-state index contributed by atoms with van der Waals surface area (Å²) >= 11 is 0. The molecule has 1 saturated heterocycles. The first-order valence-electron chi connectivity index (χ1n) is 8.83. The molecule has 3 rings (SSSR count). The largest absolute Gasteiger partial charge is 0.497 e. The number of ether oxygens (including phenoxy) is 2. The standard InChI is InChI=1S/C21H23NO4/c1-25-18-11-9-16(10-12-18)15-19(23)26-20(17-7-3-2-4-8-17)21(24)22-13-5-6-14-22/h2-4,7-12,20H,5-6,13-15H2,1H3/t20-/m1/s1. The highest BCUT2D eigenvalue weighted by atomic mass is 16.5. The molecule has 0 spiro atoms. The molecule has 5 heteroatoms. The number of nitrogens with zero attached hydrogens (tertiary/aromatic N) is 1. The van der Waals surface area contributed by atoms with Crippen LogP contribution >= 0.6 is 0 Å². The second-order valence-electron chi connectivity index (χ2n) is 6.34. The van der Waals surface area contributed by atoms with E-state index in [9.17, 15) is 9.59 Å². The van der Waals surface area contributed by atoms with Crippen LogP contribution in [0.5, 0.6) is 5.75 Å². The highest BCUT2D eigenvalue weighted by molar-refractivity contribution is 5.85. The summed E-state index contributed by atoms with van der Waals surface area (Å²) in [6.07, 6.45) is 1.21. The van der Waals surface area contributed by atoms with Crippen molar-refractivity contribution >= 4 is 11.9 Å².